The molecule has 2 aromatic carbocycles. The first-order valence-electron chi connectivity index (χ1n) is 11.7. The van der Waals surface area contributed by atoms with Crippen molar-refractivity contribution in [2.75, 3.05) is 37.7 Å². The summed E-state index contributed by atoms with van der Waals surface area (Å²) in [6.45, 7) is -1.31. The van der Waals surface area contributed by atoms with Crippen molar-refractivity contribution in [2.24, 2.45) is 0 Å². The van der Waals surface area contributed by atoms with E-state index < -0.39 is 30.7 Å². The summed E-state index contributed by atoms with van der Waals surface area (Å²) in [5.74, 6) is -1.42. The van der Waals surface area contributed by atoms with E-state index in [4.69, 9.17) is 0 Å². The van der Waals surface area contributed by atoms with E-state index in [0.717, 1.165) is 5.69 Å². The molecule has 2 aliphatic rings. The molecule has 3 aromatic rings. The number of halogens is 3. The van der Waals surface area contributed by atoms with Gasteiger partial charge < -0.3 is 20.0 Å². The van der Waals surface area contributed by atoms with Crippen molar-refractivity contribution in [3.63, 3.8) is 0 Å². The molecular formula is C24H24F3N7O3. The van der Waals surface area contributed by atoms with E-state index in [9.17, 15) is 27.6 Å². The molecule has 3 amide bonds. The second-order valence-electron chi connectivity index (χ2n) is 9.15. The molecule has 0 radical (unpaired) electrons. The molecule has 0 unspecified atom stereocenters. The van der Waals surface area contributed by atoms with Gasteiger partial charge in [0.05, 0.1) is 6.67 Å². The van der Waals surface area contributed by atoms with Crippen molar-refractivity contribution in [2.45, 2.75) is 24.6 Å². The number of piperidine rings is 1. The molecule has 3 heterocycles. The van der Waals surface area contributed by atoms with Gasteiger partial charge in [-0.25, -0.2) is 0 Å². The number of fused-ring (bicyclic) bond motifs is 1. The van der Waals surface area contributed by atoms with Gasteiger partial charge in [0, 0.05) is 24.3 Å². The number of carbonyl (C=O) groups excluding carboxylic acids is 3. The van der Waals surface area contributed by atoms with Gasteiger partial charge in [0.2, 0.25) is 5.91 Å². The van der Waals surface area contributed by atoms with Crippen LogP contribution >= 0.6 is 0 Å². The lowest BCUT2D eigenvalue weighted by Gasteiger charge is -2.43. The summed E-state index contributed by atoms with van der Waals surface area (Å²) in [5.41, 5.74) is 1.41. The number of alkyl halides is 3. The molecule has 0 saturated carbocycles. The Morgan fingerprint density at radius 2 is 1.73 bits per heavy atom. The maximum Gasteiger partial charge on any atom is 0.405 e. The highest BCUT2D eigenvalue weighted by Gasteiger charge is 2.54. The van der Waals surface area contributed by atoms with Crippen molar-refractivity contribution >= 4 is 34.4 Å². The van der Waals surface area contributed by atoms with Crippen LogP contribution < -0.4 is 10.2 Å². The van der Waals surface area contributed by atoms with E-state index in [-0.39, 0.29) is 18.5 Å². The third-order valence-electron chi connectivity index (χ3n) is 6.84. The minimum Gasteiger partial charge on any atom is -0.345 e. The minimum absolute atomic E-state index is 0.0546. The number of benzene rings is 2. The molecule has 0 aliphatic carbocycles. The minimum atomic E-state index is -4.54. The Hall–Kier alpha value is -4.16. The quantitative estimate of drug-likeness (QED) is 0.537. The molecular weight excluding hydrogens is 491 g/mol. The van der Waals surface area contributed by atoms with Gasteiger partial charge in [-0.15, -0.1) is 0 Å². The maximum atomic E-state index is 13.6. The summed E-state index contributed by atoms with van der Waals surface area (Å²) in [5, 5.41) is 12.3. The van der Waals surface area contributed by atoms with Gasteiger partial charge >= 0.3 is 6.18 Å². The second kappa shape index (κ2) is 9.37. The lowest BCUT2D eigenvalue weighted by Crippen LogP contribution is -2.57. The Kier molecular flexibility index (Phi) is 6.21. The highest BCUT2D eigenvalue weighted by Crippen LogP contribution is 2.39. The number of nitrogens with one attached hydrogen (secondary N) is 2. The number of nitrogens with zero attached hydrogens (tertiary/aromatic N) is 5. The molecule has 10 nitrogen and oxygen atoms in total. The van der Waals surface area contributed by atoms with Crippen LogP contribution in [0.25, 0.3) is 11.0 Å². The number of aromatic amines is 1. The molecule has 194 valence electrons. The predicted octanol–water partition coefficient (Wildman–Crippen LogP) is 1.92. The van der Waals surface area contributed by atoms with E-state index in [2.05, 4.69) is 15.4 Å². The van der Waals surface area contributed by atoms with Crippen molar-refractivity contribution in [1.82, 2.24) is 30.5 Å². The Morgan fingerprint density at radius 3 is 2.43 bits per heavy atom. The zero-order valence-corrected chi connectivity index (χ0v) is 19.7. The van der Waals surface area contributed by atoms with Gasteiger partial charge in [-0.1, -0.05) is 18.2 Å². The molecule has 1 aromatic heterocycles. The number of carbonyl (C=O) groups is 3. The summed E-state index contributed by atoms with van der Waals surface area (Å²) < 4.78 is 37.5. The van der Waals surface area contributed by atoms with Crippen molar-refractivity contribution in [1.29, 1.82) is 0 Å². The largest absolute Gasteiger partial charge is 0.405 e. The fourth-order valence-electron chi connectivity index (χ4n) is 4.99. The highest BCUT2D eigenvalue weighted by molar-refractivity contribution is 5.99. The Labute approximate surface area is 209 Å². The molecule has 0 bridgehead atoms. The third kappa shape index (κ3) is 4.80. The fraction of sp³-hybridized carbons (Fsp3) is 0.375. The Morgan fingerprint density at radius 1 is 1.03 bits per heavy atom. The number of amides is 3. The highest BCUT2D eigenvalue weighted by atomic mass is 19.4. The number of hydrogen-bond acceptors (Lipinski definition) is 6. The van der Waals surface area contributed by atoms with Crippen LogP contribution in [0.5, 0.6) is 0 Å². The molecule has 2 aliphatic heterocycles. The molecule has 1 spiro atoms. The fourth-order valence-corrected chi connectivity index (χ4v) is 4.99. The van der Waals surface area contributed by atoms with Crippen LogP contribution in [0.2, 0.25) is 0 Å². The monoisotopic (exact) mass is 515 g/mol. The van der Waals surface area contributed by atoms with Gasteiger partial charge in [-0.05, 0) is 43.2 Å². The van der Waals surface area contributed by atoms with Crippen LogP contribution in [-0.4, -0.2) is 87.5 Å². The van der Waals surface area contributed by atoms with Crippen LogP contribution in [0.15, 0.2) is 48.5 Å². The average Bonchev–Trinajstić information content (AvgIpc) is 3.46. The number of para-hydroxylation sites is 1. The normalized spacial score (nSPS) is 17.6. The Bertz CT molecular complexity index is 1320. The topological polar surface area (TPSA) is 115 Å². The van der Waals surface area contributed by atoms with Crippen LogP contribution in [-0.2, 0) is 9.59 Å². The Balaban J connectivity index is 1.33. The number of hydrogen-bond donors (Lipinski definition) is 2. The smallest absolute Gasteiger partial charge is 0.345 e. The molecule has 37 heavy (non-hydrogen) atoms. The zero-order valence-electron chi connectivity index (χ0n) is 19.7. The van der Waals surface area contributed by atoms with E-state index in [1.54, 1.807) is 23.1 Å². The first-order valence-corrected chi connectivity index (χ1v) is 11.7. The van der Waals surface area contributed by atoms with Gasteiger partial charge in [-0.3, -0.25) is 14.4 Å². The van der Waals surface area contributed by atoms with Crippen LogP contribution in [0, 0.1) is 0 Å². The summed E-state index contributed by atoms with van der Waals surface area (Å²) in [6, 6.07) is 14.2. The zero-order chi connectivity index (χ0) is 26.2. The standard InChI is InChI=1S/C24H24F3N7O3/c25-24(26,27)14-28-20(35)13-33-15-34(17-4-2-1-3-5-17)23(22(33)37)8-10-32(11-9-23)21(36)16-6-7-18-19(12-16)30-31-29-18/h1-7,12H,8-11,13-15H2,(H,28,35)(H,29,30,31). The first-order chi connectivity index (χ1) is 17.7. The van der Waals surface area contributed by atoms with Crippen molar-refractivity contribution in [3.05, 3.63) is 54.1 Å². The summed E-state index contributed by atoms with van der Waals surface area (Å²) in [7, 11) is 0. The van der Waals surface area contributed by atoms with Crippen molar-refractivity contribution in [3.8, 4) is 0 Å². The van der Waals surface area contributed by atoms with Crippen LogP contribution in [0.3, 0.4) is 0 Å². The van der Waals surface area contributed by atoms with Crippen LogP contribution in [0.4, 0.5) is 18.9 Å². The summed E-state index contributed by atoms with van der Waals surface area (Å²) in [4.78, 5) is 43.8. The lowest BCUT2D eigenvalue weighted by atomic mass is 9.85. The summed E-state index contributed by atoms with van der Waals surface area (Å²) >= 11 is 0. The van der Waals surface area contributed by atoms with Gasteiger partial charge in [0.25, 0.3) is 11.8 Å². The summed E-state index contributed by atoms with van der Waals surface area (Å²) in [6.07, 6.45) is -3.93. The number of anilines is 1. The maximum absolute atomic E-state index is 13.6. The number of aromatic nitrogens is 3. The van der Waals surface area contributed by atoms with Gasteiger partial charge in [0.15, 0.2) is 0 Å². The van der Waals surface area contributed by atoms with Gasteiger partial charge in [0.1, 0.15) is 29.7 Å². The average molecular weight is 515 g/mol. The molecule has 2 N–H and O–H groups in total. The van der Waals surface area contributed by atoms with E-state index in [0.29, 0.717) is 42.5 Å². The van der Waals surface area contributed by atoms with E-state index in [1.165, 1.54) is 4.90 Å². The number of H-pyrrole nitrogens is 1. The van der Waals surface area contributed by atoms with Crippen molar-refractivity contribution < 1.29 is 27.6 Å². The van der Waals surface area contributed by atoms with Crippen LogP contribution in [0.1, 0.15) is 23.2 Å². The van der Waals surface area contributed by atoms with E-state index >= 15 is 0 Å². The van der Waals surface area contributed by atoms with Gasteiger partial charge in [-0.2, -0.15) is 28.6 Å². The second-order valence-corrected chi connectivity index (χ2v) is 9.15. The molecule has 13 heteroatoms. The predicted molar refractivity (Wildman–Crippen MR) is 126 cm³/mol. The first kappa shape index (κ1) is 24.5. The van der Waals surface area contributed by atoms with E-state index in [1.807, 2.05) is 40.5 Å². The SMILES string of the molecule is O=C(CN1CN(c2ccccc2)C2(CCN(C(=O)c3ccc4n[nH]nc4c3)CC2)C1=O)NCC(F)(F)F. The molecule has 5 rings (SSSR count). The number of likely N-dealkylation sites (tertiary alicyclic amines) is 1. The third-order valence-corrected chi connectivity index (χ3v) is 6.84. The molecule has 2 fully saturated rings. The lowest BCUT2D eigenvalue weighted by molar-refractivity contribution is -0.142. The molecule has 2 saturated heterocycles. The number of rotatable bonds is 5. The molecule has 0 atom stereocenters.